The van der Waals surface area contributed by atoms with Crippen LogP contribution in [0.3, 0.4) is 0 Å². The summed E-state index contributed by atoms with van der Waals surface area (Å²) in [7, 11) is 3.60. The van der Waals surface area contributed by atoms with Crippen molar-refractivity contribution in [2.24, 2.45) is 7.05 Å². The Balaban J connectivity index is 2.36. The normalized spacial score (nSPS) is 28.2. The van der Waals surface area contributed by atoms with Gasteiger partial charge in [0, 0.05) is 20.6 Å². The third kappa shape index (κ3) is 1.24. The van der Waals surface area contributed by atoms with Gasteiger partial charge in [0.15, 0.2) is 11.4 Å². The minimum Gasteiger partial charge on any atom is -0.378 e. The molecule has 1 aliphatic heterocycles. The van der Waals surface area contributed by atoms with Crippen molar-refractivity contribution in [1.82, 2.24) is 14.8 Å². The molecule has 0 spiro atoms. The molecule has 1 aromatic rings. The molecule has 1 aromatic heterocycles. The summed E-state index contributed by atoms with van der Waals surface area (Å²) in [5.74, 6) is 0.840. The number of hydrogen-bond donors (Lipinski definition) is 0. The Morgan fingerprint density at radius 1 is 1.69 bits per heavy atom. The van der Waals surface area contributed by atoms with E-state index in [9.17, 15) is 0 Å². The van der Waals surface area contributed by atoms with Gasteiger partial charge in [0.2, 0.25) is 0 Å². The maximum Gasteiger partial charge on any atom is 0.167 e. The lowest BCUT2D eigenvalue weighted by atomic mass is 10.0. The van der Waals surface area contributed by atoms with Crippen LogP contribution in [-0.4, -0.2) is 35.1 Å². The van der Waals surface area contributed by atoms with Crippen LogP contribution < -0.4 is 0 Å². The molecule has 0 aromatic carbocycles. The van der Waals surface area contributed by atoms with E-state index in [1.807, 2.05) is 11.6 Å². The molecule has 0 N–H and O–H groups in total. The first-order valence-electron chi connectivity index (χ1n) is 4.26. The van der Waals surface area contributed by atoms with Gasteiger partial charge >= 0.3 is 0 Å². The van der Waals surface area contributed by atoms with Gasteiger partial charge < -0.3 is 14.0 Å². The van der Waals surface area contributed by atoms with Crippen LogP contribution in [0.5, 0.6) is 0 Å². The van der Waals surface area contributed by atoms with Crippen molar-refractivity contribution in [3.63, 3.8) is 0 Å². The molecule has 0 amide bonds. The highest BCUT2D eigenvalue weighted by Gasteiger charge is 2.40. The zero-order valence-electron chi connectivity index (χ0n) is 7.86. The summed E-state index contributed by atoms with van der Waals surface area (Å²) in [5, 5.41) is 7.89. The summed E-state index contributed by atoms with van der Waals surface area (Å²) >= 11 is 0. The van der Waals surface area contributed by atoms with Crippen LogP contribution in [0, 0.1) is 0 Å². The lowest BCUT2D eigenvalue weighted by molar-refractivity contribution is -0.0303. The first-order chi connectivity index (χ1) is 6.28. The van der Waals surface area contributed by atoms with E-state index in [1.165, 1.54) is 0 Å². The molecule has 0 saturated carbocycles. The lowest BCUT2D eigenvalue weighted by Crippen LogP contribution is -2.32. The van der Waals surface area contributed by atoms with Crippen LogP contribution in [0.1, 0.15) is 12.2 Å². The molecule has 13 heavy (non-hydrogen) atoms. The fraction of sp³-hybridized carbons (Fsp3) is 0.750. The van der Waals surface area contributed by atoms with Crippen LogP contribution >= 0.6 is 0 Å². The summed E-state index contributed by atoms with van der Waals surface area (Å²) in [6.07, 6.45) is 2.52. The van der Waals surface area contributed by atoms with E-state index in [1.54, 1.807) is 13.4 Å². The smallest absolute Gasteiger partial charge is 0.167 e. The number of rotatable bonds is 2. The molecule has 5 nitrogen and oxygen atoms in total. The number of hydrogen-bond acceptors (Lipinski definition) is 4. The van der Waals surface area contributed by atoms with Crippen molar-refractivity contribution in [3.8, 4) is 0 Å². The van der Waals surface area contributed by atoms with Crippen molar-refractivity contribution in [2.45, 2.75) is 12.0 Å². The second-order valence-corrected chi connectivity index (χ2v) is 3.27. The third-order valence-electron chi connectivity index (χ3n) is 2.50. The fourth-order valence-electron chi connectivity index (χ4n) is 1.67. The minimum absolute atomic E-state index is 0.384. The first-order valence-corrected chi connectivity index (χ1v) is 4.26. The maximum absolute atomic E-state index is 5.48. The molecule has 2 heterocycles. The number of aryl methyl sites for hydroxylation is 1. The van der Waals surface area contributed by atoms with E-state index in [-0.39, 0.29) is 5.60 Å². The molecular weight excluding hydrogens is 170 g/mol. The van der Waals surface area contributed by atoms with Crippen LogP contribution in [0.4, 0.5) is 0 Å². The molecule has 72 valence electrons. The monoisotopic (exact) mass is 183 g/mol. The van der Waals surface area contributed by atoms with Crippen LogP contribution in [0.2, 0.25) is 0 Å². The average molecular weight is 183 g/mol. The Morgan fingerprint density at radius 2 is 2.54 bits per heavy atom. The Bertz CT molecular complexity index is 291. The summed E-state index contributed by atoms with van der Waals surface area (Å²) in [5.41, 5.74) is -0.384. The summed E-state index contributed by atoms with van der Waals surface area (Å²) in [6.45, 7) is 1.29. The molecule has 1 atom stereocenters. The van der Waals surface area contributed by atoms with Crippen molar-refractivity contribution in [3.05, 3.63) is 12.2 Å². The molecule has 1 unspecified atom stereocenters. The van der Waals surface area contributed by atoms with E-state index >= 15 is 0 Å². The van der Waals surface area contributed by atoms with E-state index in [4.69, 9.17) is 9.47 Å². The number of methoxy groups -OCH3 is 1. The highest BCUT2D eigenvalue weighted by molar-refractivity contribution is 5.04. The Morgan fingerprint density at radius 3 is 3.00 bits per heavy atom. The largest absolute Gasteiger partial charge is 0.378 e. The quantitative estimate of drug-likeness (QED) is 0.651. The molecule has 0 bridgehead atoms. The Kier molecular flexibility index (Phi) is 2.05. The topological polar surface area (TPSA) is 49.2 Å². The standard InChI is InChI=1S/C8H13N3O2/c1-11-6-9-10-7(11)8(12-2)3-4-13-5-8/h6H,3-5H2,1-2H3. The van der Waals surface area contributed by atoms with Crippen molar-refractivity contribution >= 4 is 0 Å². The first kappa shape index (κ1) is 8.65. The zero-order valence-corrected chi connectivity index (χ0v) is 7.86. The lowest BCUT2D eigenvalue weighted by Gasteiger charge is -2.23. The molecule has 1 saturated heterocycles. The predicted molar refractivity (Wildman–Crippen MR) is 45.1 cm³/mol. The molecule has 0 radical (unpaired) electrons. The third-order valence-corrected chi connectivity index (χ3v) is 2.50. The Labute approximate surface area is 76.7 Å². The van der Waals surface area contributed by atoms with Crippen molar-refractivity contribution in [2.75, 3.05) is 20.3 Å². The van der Waals surface area contributed by atoms with Crippen molar-refractivity contribution in [1.29, 1.82) is 0 Å². The number of nitrogens with zero attached hydrogens (tertiary/aromatic N) is 3. The predicted octanol–water partition coefficient (Wildman–Crippen LogP) is 0.0771. The van der Waals surface area contributed by atoms with Gasteiger partial charge in [-0.1, -0.05) is 0 Å². The van der Waals surface area contributed by atoms with Crippen LogP contribution in [-0.2, 0) is 22.1 Å². The van der Waals surface area contributed by atoms with Gasteiger partial charge in [-0.2, -0.15) is 0 Å². The second kappa shape index (κ2) is 3.08. The average Bonchev–Trinajstić information content (AvgIpc) is 2.73. The highest BCUT2D eigenvalue weighted by atomic mass is 16.5. The van der Waals surface area contributed by atoms with Crippen molar-refractivity contribution < 1.29 is 9.47 Å². The van der Waals surface area contributed by atoms with E-state index in [0.29, 0.717) is 6.61 Å². The van der Waals surface area contributed by atoms with Gasteiger partial charge in [-0.15, -0.1) is 10.2 Å². The molecule has 0 aliphatic carbocycles. The fourth-order valence-corrected chi connectivity index (χ4v) is 1.67. The second-order valence-electron chi connectivity index (χ2n) is 3.27. The molecule has 5 heteroatoms. The number of aromatic nitrogens is 3. The van der Waals surface area contributed by atoms with Gasteiger partial charge in [0.1, 0.15) is 6.33 Å². The molecule has 1 aliphatic rings. The summed E-state index contributed by atoms with van der Waals surface area (Å²) in [6, 6.07) is 0. The van der Waals surface area contributed by atoms with Crippen LogP contribution in [0.25, 0.3) is 0 Å². The summed E-state index contributed by atoms with van der Waals surface area (Å²) in [4.78, 5) is 0. The minimum atomic E-state index is -0.384. The molecule has 2 rings (SSSR count). The van der Waals surface area contributed by atoms with Gasteiger partial charge in [-0.25, -0.2) is 0 Å². The molecule has 1 fully saturated rings. The van der Waals surface area contributed by atoms with Gasteiger partial charge in [-0.05, 0) is 0 Å². The van der Waals surface area contributed by atoms with E-state index in [2.05, 4.69) is 10.2 Å². The SMILES string of the molecule is COC1(c2nncn2C)CCOC1. The van der Waals surface area contributed by atoms with Gasteiger partial charge in [0.25, 0.3) is 0 Å². The maximum atomic E-state index is 5.48. The molecular formula is C8H13N3O2. The Hall–Kier alpha value is -0.940. The van der Waals surface area contributed by atoms with Crippen LogP contribution in [0.15, 0.2) is 6.33 Å². The highest BCUT2D eigenvalue weighted by Crippen LogP contribution is 2.31. The van der Waals surface area contributed by atoms with E-state index in [0.717, 1.165) is 18.9 Å². The van der Waals surface area contributed by atoms with E-state index < -0.39 is 0 Å². The van der Waals surface area contributed by atoms with Gasteiger partial charge in [0.05, 0.1) is 13.2 Å². The zero-order chi connectivity index (χ0) is 9.31. The number of ether oxygens (including phenoxy) is 2. The van der Waals surface area contributed by atoms with Gasteiger partial charge in [-0.3, -0.25) is 0 Å². The summed E-state index contributed by atoms with van der Waals surface area (Å²) < 4.78 is 12.7.